The minimum Gasteiger partial charge on any atom is -0.323 e. The maximum absolute atomic E-state index is 13.0. The first kappa shape index (κ1) is 15.4. The molecule has 2 saturated carbocycles. The van der Waals surface area contributed by atoms with Crippen LogP contribution in [-0.4, -0.2) is 34.7 Å². The summed E-state index contributed by atoms with van der Waals surface area (Å²) in [5, 5.41) is 2.96. The van der Waals surface area contributed by atoms with Gasteiger partial charge in [0.25, 0.3) is 5.91 Å². The van der Waals surface area contributed by atoms with Crippen molar-refractivity contribution < 1.29 is 14.4 Å². The Morgan fingerprint density at radius 1 is 1.17 bits per heavy atom. The van der Waals surface area contributed by atoms with E-state index in [9.17, 15) is 14.4 Å². The van der Waals surface area contributed by atoms with Crippen molar-refractivity contribution in [2.75, 3.05) is 6.54 Å². The predicted octanol–water partition coefficient (Wildman–Crippen LogP) is 2.60. The highest BCUT2D eigenvalue weighted by Crippen LogP contribution is 2.54. The molecular weight excluding hydrogens is 304 g/mol. The van der Waals surface area contributed by atoms with Crippen LogP contribution in [0.5, 0.6) is 0 Å². The van der Waals surface area contributed by atoms with E-state index in [1.54, 1.807) is 0 Å². The largest absolute Gasteiger partial charge is 0.325 e. The van der Waals surface area contributed by atoms with E-state index in [2.05, 4.69) is 5.32 Å². The van der Waals surface area contributed by atoms with Crippen LogP contribution in [-0.2, 0) is 4.79 Å². The van der Waals surface area contributed by atoms with Crippen molar-refractivity contribution >= 4 is 17.7 Å². The van der Waals surface area contributed by atoms with Crippen LogP contribution < -0.4 is 5.32 Å². The third-order valence-corrected chi connectivity index (χ3v) is 5.60. The van der Waals surface area contributed by atoms with Crippen LogP contribution in [0.4, 0.5) is 4.79 Å². The summed E-state index contributed by atoms with van der Waals surface area (Å²) >= 11 is 0. The number of hydrogen-bond acceptors (Lipinski definition) is 3. The van der Waals surface area contributed by atoms with E-state index in [4.69, 9.17) is 0 Å². The summed E-state index contributed by atoms with van der Waals surface area (Å²) in [6.07, 6.45) is 3.95. The number of aryl methyl sites for hydroxylation is 2. The number of nitrogens with one attached hydrogen (secondary N) is 1. The molecule has 1 aromatic rings. The van der Waals surface area contributed by atoms with Crippen LogP contribution in [0.2, 0.25) is 0 Å². The van der Waals surface area contributed by atoms with E-state index in [0.717, 1.165) is 41.7 Å². The molecule has 3 fully saturated rings. The molecule has 0 aromatic heterocycles. The first-order chi connectivity index (χ1) is 11.4. The Labute approximate surface area is 141 Å². The highest BCUT2D eigenvalue weighted by atomic mass is 16.2. The normalized spacial score (nSPS) is 22.7. The van der Waals surface area contributed by atoms with Gasteiger partial charge in [0, 0.05) is 5.56 Å². The first-order valence-corrected chi connectivity index (χ1v) is 8.68. The molecule has 3 amide bonds. The lowest BCUT2D eigenvalue weighted by atomic mass is 9.87. The van der Waals surface area contributed by atoms with Crippen LogP contribution in [0, 0.1) is 25.7 Å². The van der Waals surface area contributed by atoms with Crippen molar-refractivity contribution in [3.63, 3.8) is 0 Å². The summed E-state index contributed by atoms with van der Waals surface area (Å²) < 4.78 is 0. The van der Waals surface area contributed by atoms with Gasteiger partial charge in [-0.25, -0.2) is 4.79 Å². The molecule has 126 valence electrons. The Morgan fingerprint density at radius 3 is 2.38 bits per heavy atom. The number of Topliss-reactive ketones (excluding diaryl/α,β-unsaturated/α-hetero) is 1. The SMILES string of the molecule is Cc1ccc(C)c(C(=O)CN2C(=O)NC(C3CC3)(C3CC3)C2=O)c1. The second-order valence-electron chi connectivity index (χ2n) is 7.48. The summed E-state index contributed by atoms with van der Waals surface area (Å²) in [5.41, 5.74) is 1.73. The van der Waals surface area contributed by atoms with Crippen LogP contribution in [0.1, 0.15) is 47.2 Å². The lowest BCUT2D eigenvalue weighted by Gasteiger charge is -2.26. The average molecular weight is 326 g/mol. The molecule has 1 N–H and O–H groups in total. The van der Waals surface area contributed by atoms with E-state index in [0.29, 0.717) is 5.56 Å². The van der Waals surface area contributed by atoms with Gasteiger partial charge in [0.05, 0.1) is 6.54 Å². The van der Waals surface area contributed by atoms with Gasteiger partial charge in [-0.2, -0.15) is 0 Å². The van der Waals surface area contributed by atoms with Crippen molar-refractivity contribution in [3.8, 4) is 0 Å². The van der Waals surface area contributed by atoms with Crippen LogP contribution >= 0.6 is 0 Å². The number of benzene rings is 1. The summed E-state index contributed by atoms with van der Waals surface area (Å²) in [5.74, 6) is 0.141. The van der Waals surface area contributed by atoms with E-state index in [1.807, 2.05) is 32.0 Å². The summed E-state index contributed by atoms with van der Waals surface area (Å²) in [7, 11) is 0. The second kappa shape index (κ2) is 5.16. The van der Waals surface area contributed by atoms with Gasteiger partial charge in [-0.15, -0.1) is 0 Å². The third kappa shape index (κ3) is 2.26. The molecule has 1 saturated heterocycles. The Hall–Kier alpha value is -2.17. The maximum Gasteiger partial charge on any atom is 0.325 e. The molecule has 2 aliphatic carbocycles. The van der Waals surface area contributed by atoms with Gasteiger partial charge in [-0.1, -0.05) is 17.7 Å². The molecule has 3 aliphatic rings. The van der Waals surface area contributed by atoms with Gasteiger partial charge >= 0.3 is 6.03 Å². The zero-order valence-electron chi connectivity index (χ0n) is 14.1. The highest BCUT2D eigenvalue weighted by Gasteiger charge is 2.65. The van der Waals surface area contributed by atoms with Gasteiger partial charge in [0.15, 0.2) is 5.78 Å². The fraction of sp³-hybridized carbons (Fsp3) is 0.526. The van der Waals surface area contributed by atoms with Crippen LogP contribution in [0.25, 0.3) is 0 Å². The summed E-state index contributed by atoms with van der Waals surface area (Å²) in [6, 6.07) is 5.26. The predicted molar refractivity (Wildman–Crippen MR) is 88.7 cm³/mol. The maximum atomic E-state index is 13.0. The molecule has 0 bridgehead atoms. The quantitative estimate of drug-likeness (QED) is 0.668. The monoisotopic (exact) mass is 326 g/mol. The van der Waals surface area contributed by atoms with E-state index < -0.39 is 11.6 Å². The van der Waals surface area contributed by atoms with Crippen LogP contribution in [0.3, 0.4) is 0 Å². The summed E-state index contributed by atoms with van der Waals surface area (Å²) in [4.78, 5) is 39.2. The molecule has 5 nitrogen and oxygen atoms in total. The first-order valence-electron chi connectivity index (χ1n) is 8.68. The Morgan fingerprint density at radius 2 is 1.79 bits per heavy atom. The Kier molecular flexibility index (Phi) is 3.31. The number of carbonyl (C=O) groups excluding carboxylic acids is 3. The number of amides is 3. The number of carbonyl (C=O) groups is 3. The number of ketones is 1. The fourth-order valence-electron chi connectivity index (χ4n) is 3.99. The van der Waals surface area contributed by atoms with Crippen molar-refractivity contribution in [3.05, 3.63) is 34.9 Å². The van der Waals surface area contributed by atoms with Gasteiger partial charge in [0.2, 0.25) is 0 Å². The smallest absolute Gasteiger partial charge is 0.323 e. The van der Waals surface area contributed by atoms with Crippen LogP contribution in [0.15, 0.2) is 18.2 Å². The molecule has 24 heavy (non-hydrogen) atoms. The molecule has 1 heterocycles. The zero-order chi connectivity index (χ0) is 17.1. The van der Waals surface area contributed by atoms with Crippen molar-refractivity contribution in [1.82, 2.24) is 10.2 Å². The number of rotatable bonds is 5. The number of hydrogen-bond donors (Lipinski definition) is 1. The lowest BCUT2D eigenvalue weighted by Crippen LogP contribution is -2.51. The molecule has 0 atom stereocenters. The molecule has 1 aliphatic heterocycles. The van der Waals surface area contributed by atoms with Gasteiger partial charge in [-0.3, -0.25) is 14.5 Å². The minimum absolute atomic E-state index is 0.170. The van der Waals surface area contributed by atoms with Gasteiger partial charge in [-0.05, 0) is 63.0 Å². The third-order valence-electron chi connectivity index (χ3n) is 5.60. The van der Waals surface area contributed by atoms with E-state index >= 15 is 0 Å². The van der Waals surface area contributed by atoms with Gasteiger partial charge in [0.1, 0.15) is 5.54 Å². The molecular formula is C19H22N2O3. The number of urea groups is 1. The van der Waals surface area contributed by atoms with Crippen molar-refractivity contribution in [1.29, 1.82) is 0 Å². The van der Waals surface area contributed by atoms with Crippen molar-refractivity contribution in [2.45, 2.75) is 45.1 Å². The second-order valence-corrected chi connectivity index (χ2v) is 7.48. The Balaban J connectivity index is 1.58. The fourth-order valence-corrected chi connectivity index (χ4v) is 3.99. The van der Waals surface area contributed by atoms with E-state index in [1.165, 1.54) is 0 Å². The standard InChI is InChI=1S/C19H22N2O3/c1-11-3-4-12(2)15(9-11)16(22)10-21-17(23)19(13-5-6-13,14-7-8-14)20-18(21)24/h3-4,9,13-14H,5-8,10H2,1-2H3,(H,20,24). The highest BCUT2D eigenvalue weighted by molar-refractivity contribution is 6.12. The number of nitrogens with zero attached hydrogens (tertiary/aromatic N) is 1. The lowest BCUT2D eigenvalue weighted by molar-refractivity contribution is -0.132. The average Bonchev–Trinajstić information content (AvgIpc) is 3.44. The molecule has 4 rings (SSSR count). The van der Waals surface area contributed by atoms with Gasteiger partial charge < -0.3 is 5.32 Å². The minimum atomic E-state index is -0.723. The zero-order valence-corrected chi connectivity index (χ0v) is 14.1. The van der Waals surface area contributed by atoms with E-state index in [-0.39, 0.29) is 30.1 Å². The topological polar surface area (TPSA) is 66.5 Å². The molecule has 0 spiro atoms. The molecule has 1 aromatic carbocycles. The molecule has 5 heteroatoms. The molecule has 0 radical (unpaired) electrons. The number of imide groups is 1. The molecule has 0 unspecified atom stereocenters. The summed E-state index contributed by atoms with van der Waals surface area (Å²) in [6.45, 7) is 3.63. The van der Waals surface area contributed by atoms with Crippen molar-refractivity contribution in [2.24, 2.45) is 11.8 Å². The Bertz CT molecular complexity index is 735.